The van der Waals surface area contributed by atoms with Gasteiger partial charge in [-0.3, -0.25) is 0 Å². The molecule has 0 spiro atoms. The van der Waals surface area contributed by atoms with Gasteiger partial charge in [0.25, 0.3) is 0 Å². The Kier molecular flexibility index (Phi) is 5.67. The summed E-state index contributed by atoms with van der Waals surface area (Å²) in [5.41, 5.74) is 0. The van der Waals surface area contributed by atoms with Gasteiger partial charge in [-0.25, -0.2) is 0 Å². The lowest BCUT2D eigenvalue weighted by atomic mass is 10.3. The molecule has 3 heteroatoms. The monoisotopic (exact) mass is 392 g/mol. The third kappa shape index (κ3) is 3.78. The van der Waals surface area contributed by atoms with Crippen LogP contribution >= 0.6 is 7.92 Å². The van der Waals surface area contributed by atoms with Gasteiger partial charge >= 0.3 is 0 Å². The van der Waals surface area contributed by atoms with E-state index in [-0.39, 0.29) is 0 Å². The topological polar surface area (TPSA) is 0 Å². The highest BCUT2D eigenvalue weighted by atomic mass is 31.1. The van der Waals surface area contributed by atoms with E-state index < -0.39 is 23.1 Å². The summed E-state index contributed by atoms with van der Waals surface area (Å²) in [5.74, 6) is 0. The molecule has 0 unspecified atom stereocenters. The molecule has 3 aromatic rings. The summed E-state index contributed by atoms with van der Waals surface area (Å²) in [5, 5.41) is 6.13. The lowest BCUT2D eigenvalue weighted by Gasteiger charge is -2.38. The molecule has 0 aromatic heterocycles. The first-order chi connectivity index (χ1) is 12.3. The average Bonchev–Trinajstić information content (AvgIpc) is 2.63. The van der Waals surface area contributed by atoms with Crippen molar-refractivity contribution < 1.29 is 0 Å². The van der Waals surface area contributed by atoms with E-state index in [1.165, 1.54) is 10.6 Å². The summed E-state index contributed by atoms with van der Waals surface area (Å²) in [6, 6.07) is 31.5. The van der Waals surface area contributed by atoms with Gasteiger partial charge in [-0.05, 0) is 23.8 Å². The van der Waals surface area contributed by atoms with Gasteiger partial charge < -0.3 is 0 Å². The van der Waals surface area contributed by atoms with Crippen molar-refractivity contribution in [3.8, 4) is 0 Å². The van der Waals surface area contributed by atoms with Crippen LogP contribution in [0.4, 0.5) is 0 Å². The molecule has 0 radical (unpaired) electrons. The van der Waals surface area contributed by atoms with Crippen LogP contribution in [0.1, 0.15) is 0 Å². The van der Waals surface area contributed by atoms with Crippen molar-refractivity contribution >= 4 is 44.2 Å². The van der Waals surface area contributed by atoms with Gasteiger partial charge in [0.05, 0.1) is 7.59 Å². The van der Waals surface area contributed by atoms with Crippen LogP contribution in [0.5, 0.6) is 0 Å². The highest BCUT2D eigenvalue weighted by molar-refractivity contribution is 7.80. The van der Waals surface area contributed by atoms with Crippen molar-refractivity contribution in [3.63, 3.8) is 0 Å². The Hall–Kier alpha value is -1.48. The molecule has 134 valence electrons. The highest BCUT2D eigenvalue weighted by Gasteiger charge is 2.40. The number of rotatable bonds is 5. The van der Waals surface area contributed by atoms with Gasteiger partial charge in [-0.2, -0.15) is 0 Å². The highest BCUT2D eigenvalue weighted by Crippen LogP contribution is 2.33. The molecular formula is C23H29PSi2. The third-order valence-corrected chi connectivity index (χ3v) is 26.0. The molecule has 0 N–H and O–H groups in total. The SMILES string of the molecule is C[Si](C)(C)[Si](C)(C)c1ccccc1P(c1ccccc1)c1ccccc1. The fourth-order valence-electron chi connectivity index (χ4n) is 3.18. The van der Waals surface area contributed by atoms with E-state index in [4.69, 9.17) is 0 Å². The molecule has 0 amide bonds. The molecule has 0 aliphatic carbocycles. The number of benzene rings is 3. The summed E-state index contributed by atoms with van der Waals surface area (Å²) in [6.45, 7) is 12.8. The zero-order valence-electron chi connectivity index (χ0n) is 16.5. The lowest BCUT2D eigenvalue weighted by molar-refractivity contribution is 1.71. The average molecular weight is 393 g/mol. The lowest BCUT2D eigenvalue weighted by Crippen LogP contribution is -2.64. The van der Waals surface area contributed by atoms with E-state index in [1.54, 1.807) is 10.5 Å². The predicted molar refractivity (Wildman–Crippen MR) is 126 cm³/mol. The molecule has 0 bridgehead atoms. The minimum absolute atomic E-state index is 0.521. The Balaban J connectivity index is 2.24. The van der Waals surface area contributed by atoms with Crippen molar-refractivity contribution in [3.05, 3.63) is 84.9 Å². The summed E-state index contributed by atoms with van der Waals surface area (Å²) in [4.78, 5) is 0. The zero-order valence-corrected chi connectivity index (χ0v) is 19.4. The van der Waals surface area contributed by atoms with Crippen LogP contribution in [0.3, 0.4) is 0 Å². The van der Waals surface area contributed by atoms with E-state index in [2.05, 4.69) is 118 Å². The maximum Gasteiger partial charge on any atom is 0.0744 e. The van der Waals surface area contributed by atoms with Crippen LogP contribution in [0.15, 0.2) is 84.9 Å². The first kappa shape index (κ1) is 19.3. The fourth-order valence-corrected chi connectivity index (χ4v) is 12.1. The Bertz CT molecular complexity index is 813. The zero-order chi connectivity index (χ0) is 18.8. The van der Waals surface area contributed by atoms with Gasteiger partial charge in [-0.15, -0.1) is 0 Å². The molecule has 0 aliphatic heterocycles. The minimum Gasteiger partial charge on any atom is -0.0712 e. The van der Waals surface area contributed by atoms with Crippen LogP contribution in [-0.4, -0.2) is 15.2 Å². The van der Waals surface area contributed by atoms with Crippen LogP contribution in [0.25, 0.3) is 0 Å². The number of hydrogen-bond donors (Lipinski definition) is 0. The summed E-state index contributed by atoms with van der Waals surface area (Å²) >= 11 is 0. The van der Waals surface area contributed by atoms with Crippen LogP contribution in [-0.2, 0) is 0 Å². The van der Waals surface area contributed by atoms with Crippen molar-refractivity contribution in [2.75, 3.05) is 0 Å². The first-order valence-electron chi connectivity index (χ1n) is 9.32. The van der Waals surface area contributed by atoms with Crippen molar-refractivity contribution in [1.29, 1.82) is 0 Å². The first-order valence-corrected chi connectivity index (χ1v) is 18.2. The molecule has 3 aromatic carbocycles. The molecule has 0 aliphatic rings. The predicted octanol–water partition coefficient (Wildman–Crippen LogP) is 4.78. The maximum atomic E-state index is 2.58. The minimum atomic E-state index is -1.50. The van der Waals surface area contributed by atoms with E-state index in [0.29, 0.717) is 0 Å². The maximum absolute atomic E-state index is 2.58. The van der Waals surface area contributed by atoms with E-state index in [9.17, 15) is 0 Å². The molecule has 0 nitrogen and oxygen atoms in total. The quantitative estimate of drug-likeness (QED) is 0.433. The van der Waals surface area contributed by atoms with Crippen molar-refractivity contribution in [2.45, 2.75) is 32.7 Å². The van der Waals surface area contributed by atoms with Gasteiger partial charge in [0.15, 0.2) is 0 Å². The molecule has 0 saturated carbocycles. The van der Waals surface area contributed by atoms with Crippen LogP contribution in [0.2, 0.25) is 32.7 Å². The molecule has 0 saturated heterocycles. The smallest absolute Gasteiger partial charge is 0.0712 e. The third-order valence-electron chi connectivity index (χ3n) is 5.72. The summed E-state index contributed by atoms with van der Waals surface area (Å²) in [7, 11) is -3.28. The van der Waals surface area contributed by atoms with Crippen molar-refractivity contribution in [2.24, 2.45) is 0 Å². The largest absolute Gasteiger partial charge is 0.0744 e. The number of hydrogen-bond acceptors (Lipinski definition) is 0. The second kappa shape index (κ2) is 7.64. The van der Waals surface area contributed by atoms with Gasteiger partial charge in [0, 0.05) is 7.59 Å². The summed E-state index contributed by atoms with van der Waals surface area (Å²) < 4.78 is 0. The molecular weight excluding hydrogens is 363 g/mol. The fraction of sp³-hybridized carbons (Fsp3) is 0.217. The van der Waals surface area contributed by atoms with E-state index >= 15 is 0 Å². The Morgan fingerprint density at radius 2 is 0.962 bits per heavy atom. The molecule has 0 atom stereocenters. The second-order valence-corrected chi connectivity index (χ2v) is 27.1. The van der Waals surface area contributed by atoms with E-state index in [1.807, 2.05) is 0 Å². The van der Waals surface area contributed by atoms with Gasteiger partial charge in [0.2, 0.25) is 0 Å². The molecule has 0 fully saturated rings. The normalized spacial score (nSPS) is 12.4. The van der Waals surface area contributed by atoms with Gasteiger partial charge in [0.1, 0.15) is 0 Å². The van der Waals surface area contributed by atoms with Crippen LogP contribution in [0, 0.1) is 0 Å². The second-order valence-electron chi connectivity index (χ2n) is 8.40. The van der Waals surface area contributed by atoms with Crippen LogP contribution < -0.4 is 21.1 Å². The Morgan fingerprint density at radius 1 is 0.538 bits per heavy atom. The molecule has 3 rings (SSSR count). The molecule has 26 heavy (non-hydrogen) atoms. The Labute approximate surface area is 161 Å². The molecule has 0 heterocycles. The van der Waals surface area contributed by atoms with E-state index in [0.717, 1.165) is 0 Å². The van der Waals surface area contributed by atoms with Crippen molar-refractivity contribution in [1.82, 2.24) is 0 Å². The van der Waals surface area contributed by atoms with Gasteiger partial charge in [-0.1, -0.05) is 123 Å². The standard InChI is InChI=1S/C23H29PSi2/c1-25(2,3)26(4,5)23-19-13-12-18-22(23)24(20-14-8-6-9-15-20)21-16-10-7-11-17-21/h6-19H,1-5H3. The summed E-state index contributed by atoms with van der Waals surface area (Å²) in [6.07, 6.45) is 0. The Morgan fingerprint density at radius 3 is 1.42 bits per heavy atom.